The van der Waals surface area contributed by atoms with Crippen molar-refractivity contribution in [2.75, 3.05) is 19.5 Å². The van der Waals surface area contributed by atoms with Crippen molar-refractivity contribution in [1.29, 1.82) is 0 Å². The van der Waals surface area contributed by atoms with Gasteiger partial charge in [0.2, 0.25) is 0 Å². The van der Waals surface area contributed by atoms with E-state index in [1.54, 1.807) is 18.0 Å². The number of nitrogen functional groups attached to an aromatic ring is 1. The van der Waals surface area contributed by atoms with Gasteiger partial charge in [0.1, 0.15) is 36.3 Å². The second kappa shape index (κ2) is 7.89. The summed E-state index contributed by atoms with van der Waals surface area (Å²) in [6.07, 6.45) is -0.0453. The lowest BCUT2D eigenvalue weighted by Gasteiger charge is -2.20. The maximum Gasteiger partial charge on any atom is 0.167 e. The SMILES string of the molecule is CO[C@@H]1[C@H](O)[C@@H](COC2c3ccccc3-c3ccccc32)O[C@H]1n1cnc2c(N)ncnc21. The quantitative estimate of drug-likeness (QED) is 0.481. The number of benzene rings is 2. The number of hydrogen-bond donors (Lipinski definition) is 2. The molecule has 1 aliphatic heterocycles. The van der Waals surface area contributed by atoms with E-state index in [-0.39, 0.29) is 18.5 Å². The van der Waals surface area contributed by atoms with E-state index in [9.17, 15) is 5.11 Å². The van der Waals surface area contributed by atoms with E-state index < -0.39 is 24.5 Å². The lowest BCUT2D eigenvalue weighted by molar-refractivity contribution is -0.0770. The Morgan fingerprint density at radius 2 is 1.73 bits per heavy atom. The molecule has 0 amide bonds. The molecule has 0 saturated carbocycles. The Labute approximate surface area is 189 Å². The van der Waals surface area contributed by atoms with Crippen LogP contribution in [0, 0.1) is 0 Å². The summed E-state index contributed by atoms with van der Waals surface area (Å²) in [6.45, 7) is 0.189. The molecule has 2 aliphatic rings. The first-order valence-corrected chi connectivity index (χ1v) is 10.8. The number of aliphatic hydroxyl groups excluding tert-OH is 1. The van der Waals surface area contributed by atoms with Gasteiger partial charge in [-0.25, -0.2) is 15.0 Å². The second-order valence-corrected chi connectivity index (χ2v) is 8.23. The van der Waals surface area contributed by atoms with Gasteiger partial charge >= 0.3 is 0 Å². The molecule has 6 rings (SSSR count). The topological polar surface area (TPSA) is 118 Å². The molecule has 9 heteroatoms. The van der Waals surface area contributed by atoms with Crippen LogP contribution in [0.25, 0.3) is 22.3 Å². The summed E-state index contributed by atoms with van der Waals surface area (Å²) in [5, 5.41) is 11.0. The summed E-state index contributed by atoms with van der Waals surface area (Å²) in [5.74, 6) is 0.282. The van der Waals surface area contributed by atoms with E-state index in [1.807, 2.05) is 24.3 Å². The third-order valence-corrected chi connectivity index (χ3v) is 6.45. The fourth-order valence-corrected chi connectivity index (χ4v) is 4.87. The van der Waals surface area contributed by atoms with Crippen LogP contribution in [-0.4, -0.2) is 56.7 Å². The molecule has 0 spiro atoms. The van der Waals surface area contributed by atoms with E-state index in [0.717, 1.165) is 11.1 Å². The van der Waals surface area contributed by atoms with Crippen molar-refractivity contribution in [3.05, 3.63) is 72.3 Å². The molecule has 33 heavy (non-hydrogen) atoms. The highest BCUT2D eigenvalue weighted by Gasteiger charge is 2.46. The Bertz CT molecular complexity index is 1280. The Balaban J connectivity index is 1.26. The van der Waals surface area contributed by atoms with Crippen LogP contribution in [0.1, 0.15) is 23.5 Å². The molecule has 0 bridgehead atoms. The average molecular weight is 445 g/mol. The van der Waals surface area contributed by atoms with Gasteiger partial charge in [-0.3, -0.25) is 4.57 Å². The highest BCUT2D eigenvalue weighted by Crippen LogP contribution is 2.45. The molecule has 2 aromatic carbocycles. The third kappa shape index (κ3) is 3.12. The van der Waals surface area contributed by atoms with Gasteiger partial charge in [0.05, 0.1) is 12.9 Å². The molecule has 4 aromatic rings. The van der Waals surface area contributed by atoms with Crippen LogP contribution >= 0.6 is 0 Å². The average Bonchev–Trinajstić information content (AvgIpc) is 3.50. The zero-order valence-electron chi connectivity index (χ0n) is 17.9. The Hall–Kier alpha value is -3.37. The number of anilines is 1. The largest absolute Gasteiger partial charge is 0.387 e. The minimum Gasteiger partial charge on any atom is -0.387 e. The first-order chi connectivity index (χ1) is 16.2. The molecule has 3 heterocycles. The van der Waals surface area contributed by atoms with Crippen LogP contribution in [0.15, 0.2) is 61.2 Å². The number of aromatic nitrogens is 4. The molecule has 1 saturated heterocycles. The monoisotopic (exact) mass is 445 g/mol. The normalized spacial score (nSPS) is 24.3. The van der Waals surface area contributed by atoms with Gasteiger partial charge in [-0.15, -0.1) is 0 Å². The van der Waals surface area contributed by atoms with Gasteiger partial charge in [-0.1, -0.05) is 48.5 Å². The summed E-state index contributed by atoms with van der Waals surface area (Å²) in [6, 6.07) is 16.4. The third-order valence-electron chi connectivity index (χ3n) is 6.45. The van der Waals surface area contributed by atoms with Gasteiger partial charge in [0.25, 0.3) is 0 Å². The van der Waals surface area contributed by atoms with Gasteiger partial charge in [-0.2, -0.15) is 0 Å². The number of ether oxygens (including phenoxy) is 3. The number of methoxy groups -OCH3 is 1. The van der Waals surface area contributed by atoms with Crippen LogP contribution in [0.4, 0.5) is 5.82 Å². The van der Waals surface area contributed by atoms with Gasteiger partial charge in [0.15, 0.2) is 17.7 Å². The van der Waals surface area contributed by atoms with E-state index in [4.69, 9.17) is 19.9 Å². The molecule has 2 aromatic heterocycles. The molecule has 4 atom stereocenters. The highest BCUT2D eigenvalue weighted by atomic mass is 16.6. The summed E-state index contributed by atoms with van der Waals surface area (Å²) in [4.78, 5) is 12.6. The molecule has 3 N–H and O–H groups in total. The molecule has 0 radical (unpaired) electrons. The standard InChI is InChI=1S/C24H23N5O4/c1-31-21-19(30)17(33-24(21)29-12-28-18-22(25)26-11-27-23(18)29)10-32-20-15-8-4-2-6-13(15)14-7-3-5-9-16(14)20/h2-9,11-12,17,19-21,24,30H,10H2,1H3,(H2,25,26,27)/t17-,19-,21-,24-/m1/s1. The van der Waals surface area contributed by atoms with Gasteiger partial charge in [0, 0.05) is 7.11 Å². The summed E-state index contributed by atoms with van der Waals surface area (Å²) in [5.41, 5.74) is 11.5. The zero-order valence-corrected chi connectivity index (χ0v) is 17.9. The molecule has 168 valence electrons. The fraction of sp³-hybridized carbons (Fsp3) is 0.292. The molecular formula is C24H23N5O4. The predicted molar refractivity (Wildman–Crippen MR) is 120 cm³/mol. The van der Waals surface area contributed by atoms with Crippen molar-refractivity contribution < 1.29 is 19.3 Å². The van der Waals surface area contributed by atoms with E-state index in [1.165, 1.54) is 17.5 Å². The maximum atomic E-state index is 11.0. The van der Waals surface area contributed by atoms with Crippen molar-refractivity contribution >= 4 is 17.0 Å². The molecular weight excluding hydrogens is 422 g/mol. The smallest absolute Gasteiger partial charge is 0.167 e. The Morgan fingerprint density at radius 1 is 1.03 bits per heavy atom. The van der Waals surface area contributed by atoms with Crippen LogP contribution in [-0.2, 0) is 14.2 Å². The number of aliphatic hydroxyl groups is 1. The number of nitrogens with two attached hydrogens (primary N) is 1. The van der Waals surface area contributed by atoms with Gasteiger partial charge < -0.3 is 25.1 Å². The predicted octanol–water partition coefficient (Wildman–Crippen LogP) is 2.47. The second-order valence-electron chi connectivity index (χ2n) is 8.23. The number of hydrogen-bond acceptors (Lipinski definition) is 8. The van der Waals surface area contributed by atoms with Crippen molar-refractivity contribution in [2.45, 2.75) is 30.6 Å². The summed E-state index contributed by atoms with van der Waals surface area (Å²) < 4.78 is 19.9. The number of imidazole rings is 1. The highest BCUT2D eigenvalue weighted by molar-refractivity contribution is 5.81. The number of rotatable bonds is 5. The Morgan fingerprint density at radius 3 is 2.42 bits per heavy atom. The summed E-state index contributed by atoms with van der Waals surface area (Å²) >= 11 is 0. The first-order valence-electron chi connectivity index (χ1n) is 10.8. The van der Waals surface area contributed by atoms with E-state index >= 15 is 0 Å². The first kappa shape index (κ1) is 20.3. The van der Waals surface area contributed by atoms with E-state index in [0.29, 0.717) is 11.2 Å². The van der Waals surface area contributed by atoms with Crippen molar-refractivity contribution in [1.82, 2.24) is 19.5 Å². The summed E-state index contributed by atoms with van der Waals surface area (Å²) in [7, 11) is 1.54. The van der Waals surface area contributed by atoms with E-state index in [2.05, 4.69) is 39.2 Å². The Kier molecular flexibility index (Phi) is 4.84. The van der Waals surface area contributed by atoms with Gasteiger partial charge in [-0.05, 0) is 22.3 Å². The number of nitrogens with zero attached hydrogens (tertiary/aromatic N) is 4. The lowest BCUT2D eigenvalue weighted by atomic mass is 10.1. The van der Waals surface area contributed by atoms with Crippen LogP contribution in [0.3, 0.4) is 0 Å². The maximum absolute atomic E-state index is 11.0. The minimum atomic E-state index is -0.900. The number of fused-ring (bicyclic) bond motifs is 4. The fourth-order valence-electron chi connectivity index (χ4n) is 4.87. The molecule has 1 aliphatic carbocycles. The van der Waals surface area contributed by atoms with Crippen molar-refractivity contribution in [2.24, 2.45) is 0 Å². The van der Waals surface area contributed by atoms with Crippen LogP contribution < -0.4 is 5.73 Å². The van der Waals surface area contributed by atoms with Crippen molar-refractivity contribution in [3.63, 3.8) is 0 Å². The molecule has 0 unspecified atom stereocenters. The van der Waals surface area contributed by atoms with Crippen LogP contribution in [0.5, 0.6) is 0 Å². The lowest BCUT2D eigenvalue weighted by Crippen LogP contribution is -2.35. The molecule has 1 fully saturated rings. The zero-order chi connectivity index (χ0) is 22.5. The molecule has 9 nitrogen and oxygen atoms in total. The van der Waals surface area contributed by atoms with Crippen LogP contribution in [0.2, 0.25) is 0 Å². The minimum absolute atomic E-state index is 0.189. The van der Waals surface area contributed by atoms with Crippen molar-refractivity contribution in [3.8, 4) is 11.1 Å².